The second-order valence-corrected chi connectivity index (χ2v) is 11.1. The molecule has 0 aliphatic carbocycles. The molecule has 0 aliphatic rings. The van der Waals surface area contributed by atoms with E-state index in [2.05, 4.69) is 13.8 Å². The van der Waals surface area contributed by atoms with Crippen LogP contribution in [-0.2, 0) is 10.1 Å². The van der Waals surface area contributed by atoms with Crippen LogP contribution in [0.25, 0.3) is 0 Å². The minimum atomic E-state index is -3.89. The summed E-state index contributed by atoms with van der Waals surface area (Å²) in [6.45, 7) is 4.49. The number of hydrogen-bond acceptors (Lipinski definition) is 3. The molecule has 0 aliphatic heterocycles. The van der Waals surface area contributed by atoms with Crippen LogP contribution in [-0.4, -0.2) is 18.2 Å². The monoisotopic (exact) mass is 463 g/mol. The molecule has 1 unspecified atom stereocenters. The molecular formula is C26H57NO3S. The summed E-state index contributed by atoms with van der Waals surface area (Å²) in [5.74, 6) is 0. The molecule has 0 fully saturated rings. The fourth-order valence-electron chi connectivity index (χ4n) is 4.34. The molecule has 0 rings (SSSR count). The molecule has 31 heavy (non-hydrogen) atoms. The maximum absolute atomic E-state index is 11.7. The van der Waals surface area contributed by atoms with E-state index in [0.717, 1.165) is 25.7 Å². The van der Waals surface area contributed by atoms with Gasteiger partial charge in [0.2, 0.25) is 0 Å². The Kier molecular flexibility index (Phi) is 26.1. The fourth-order valence-corrected chi connectivity index (χ4v) is 5.27. The second kappa shape index (κ2) is 24.5. The van der Waals surface area contributed by atoms with E-state index >= 15 is 0 Å². The van der Waals surface area contributed by atoms with Gasteiger partial charge in [-0.1, -0.05) is 149 Å². The molecule has 4 nitrogen and oxygen atoms in total. The van der Waals surface area contributed by atoms with Crippen molar-refractivity contribution in [1.82, 2.24) is 6.15 Å². The molecule has 0 aromatic rings. The molecule has 0 amide bonds. The molecule has 4 N–H and O–H groups in total. The van der Waals surface area contributed by atoms with Crippen molar-refractivity contribution in [3.05, 3.63) is 0 Å². The molecule has 190 valence electrons. The van der Waals surface area contributed by atoms with Gasteiger partial charge in [0.1, 0.15) is 0 Å². The zero-order valence-electron chi connectivity index (χ0n) is 21.2. The first-order valence-corrected chi connectivity index (χ1v) is 15.0. The normalized spacial score (nSPS) is 12.6. The molecular weight excluding hydrogens is 406 g/mol. The average molecular weight is 464 g/mol. The minimum Gasteiger partial charge on any atom is -0.344 e. The van der Waals surface area contributed by atoms with Gasteiger partial charge in [0, 0.05) is 0 Å². The lowest BCUT2D eigenvalue weighted by molar-refractivity contribution is 0.442. The average Bonchev–Trinajstić information content (AvgIpc) is 2.70. The Balaban J connectivity index is 0. The Morgan fingerprint density at radius 3 is 0.935 bits per heavy atom. The number of rotatable bonds is 24. The molecule has 0 radical (unpaired) electrons. The van der Waals surface area contributed by atoms with Crippen LogP contribution in [0.3, 0.4) is 0 Å². The fraction of sp³-hybridized carbons (Fsp3) is 1.00. The molecule has 0 bridgehead atoms. The van der Waals surface area contributed by atoms with E-state index in [1.807, 2.05) is 0 Å². The van der Waals surface area contributed by atoms with E-state index in [0.29, 0.717) is 12.8 Å². The van der Waals surface area contributed by atoms with E-state index in [1.165, 1.54) is 109 Å². The van der Waals surface area contributed by atoms with Crippen LogP contribution in [0.4, 0.5) is 0 Å². The van der Waals surface area contributed by atoms with Crippen LogP contribution >= 0.6 is 0 Å². The van der Waals surface area contributed by atoms with E-state index in [-0.39, 0.29) is 6.15 Å². The summed E-state index contributed by atoms with van der Waals surface area (Å²) < 4.78 is 32.9. The van der Waals surface area contributed by atoms with Crippen molar-refractivity contribution in [2.45, 2.75) is 167 Å². The highest BCUT2D eigenvalue weighted by Gasteiger charge is 2.21. The van der Waals surface area contributed by atoms with Crippen molar-refractivity contribution in [3.8, 4) is 0 Å². The Morgan fingerprint density at radius 2 is 0.710 bits per heavy atom. The van der Waals surface area contributed by atoms with Gasteiger partial charge in [-0.2, -0.15) is 8.42 Å². The zero-order valence-corrected chi connectivity index (χ0v) is 22.0. The van der Waals surface area contributed by atoms with Crippen LogP contribution in [0, 0.1) is 0 Å². The van der Waals surface area contributed by atoms with Crippen LogP contribution < -0.4 is 6.15 Å². The lowest BCUT2D eigenvalue weighted by Crippen LogP contribution is -2.20. The van der Waals surface area contributed by atoms with Crippen molar-refractivity contribution < 1.29 is 13.0 Å². The first kappa shape index (κ1) is 33.0. The lowest BCUT2D eigenvalue weighted by atomic mass is 10.0. The Labute approximate surface area is 196 Å². The molecule has 0 heterocycles. The van der Waals surface area contributed by atoms with Crippen LogP contribution in [0.1, 0.15) is 162 Å². The van der Waals surface area contributed by atoms with Crippen molar-refractivity contribution in [3.63, 3.8) is 0 Å². The van der Waals surface area contributed by atoms with Gasteiger partial charge < -0.3 is 6.15 Å². The van der Waals surface area contributed by atoms with Crippen molar-refractivity contribution >= 4 is 10.1 Å². The predicted molar refractivity (Wildman–Crippen MR) is 138 cm³/mol. The molecule has 0 aromatic carbocycles. The molecule has 0 spiro atoms. The predicted octanol–water partition coefficient (Wildman–Crippen LogP) is 9.42. The van der Waals surface area contributed by atoms with E-state index in [4.69, 9.17) is 0 Å². The number of hydrogen-bond donors (Lipinski definition) is 2. The first-order chi connectivity index (χ1) is 14.5. The summed E-state index contributed by atoms with van der Waals surface area (Å²) in [6, 6.07) is 0. The van der Waals surface area contributed by atoms with Crippen LogP contribution in [0.5, 0.6) is 0 Å². The van der Waals surface area contributed by atoms with Gasteiger partial charge in [0.15, 0.2) is 0 Å². The van der Waals surface area contributed by atoms with Crippen LogP contribution in [0.15, 0.2) is 0 Å². The third kappa shape index (κ3) is 24.3. The van der Waals surface area contributed by atoms with Gasteiger partial charge in [-0.25, -0.2) is 0 Å². The molecule has 0 aromatic heterocycles. The topological polar surface area (TPSA) is 89.4 Å². The summed E-state index contributed by atoms with van der Waals surface area (Å²) in [6.07, 6.45) is 27.8. The summed E-state index contributed by atoms with van der Waals surface area (Å²) in [5, 5.41) is -0.537. The van der Waals surface area contributed by atoms with Gasteiger partial charge in [-0.05, 0) is 12.8 Å². The van der Waals surface area contributed by atoms with Gasteiger partial charge in [-0.15, -0.1) is 0 Å². The largest absolute Gasteiger partial charge is 0.344 e. The van der Waals surface area contributed by atoms with Gasteiger partial charge >= 0.3 is 0 Å². The van der Waals surface area contributed by atoms with E-state index in [1.54, 1.807) is 0 Å². The maximum Gasteiger partial charge on any atom is 0.267 e. The third-order valence-corrected chi connectivity index (χ3v) is 7.74. The molecule has 0 saturated heterocycles. The molecule has 0 saturated carbocycles. The standard InChI is InChI=1S/C26H54O3S.H3N/c1-3-5-7-9-11-13-14-15-16-17-19-21-23-25-26(30(27,28)29)24-22-20-18-12-10-8-6-4-2;/h26H,3-25H2,1-2H3,(H,27,28,29);1H3. The van der Waals surface area contributed by atoms with E-state index < -0.39 is 15.4 Å². The first-order valence-electron chi connectivity index (χ1n) is 13.5. The second-order valence-electron chi connectivity index (χ2n) is 9.43. The highest BCUT2D eigenvalue weighted by Crippen LogP contribution is 2.20. The summed E-state index contributed by atoms with van der Waals surface area (Å²) in [4.78, 5) is 0. The molecule has 5 heteroatoms. The summed E-state index contributed by atoms with van der Waals surface area (Å²) in [7, 11) is -3.89. The van der Waals surface area contributed by atoms with E-state index in [9.17, 15) is 13.0 Å². The zero-order chi connectivity index (χ0) is 22.3. The van der Waals surface area contributed by atoms with Crippen molar-refractivity contribution in [2.75, 3.05) is 0 Å². The smallest absolute Gasteiger partial charge is 0.267 e. The Morgan fingerprint density at radius 1 is 0.484 bits per heavy atom. The SMILES string of the molecule is CCCCCCCCCCCCCCCC(CCCCCCCCCC)S(=O)(=O)O.N. The number of unbranched alkanes of at least 4 members (excludes halogenated alkanes) is 19. The van der Waals surface area contributed by atoms with Crippen LogP contribution in [0.2, 0.25) is 0 Å². The third-order valence-electron chi connectivity index (χ3n) is 6.43. The highest BCUT2D eigenvalue weighted by molar-refractivity contribution is 7.86. The summed E-state index contributed by atoms with van der Waals surface area (Å²) >= 11 is 0. The summed E-state index contributed by atoms with van der Waals surface area (Å²) in [5.41, 5.74) is 0. The minimum absolute atomic E-state index is 0. The quantitative estimate of drug-likeness (QED) is 0.110. The van der Waals surface area contributed by atoms with Crippen molar-refractivity contribution in [1.29, 1.82) is 0 Å². The molecule has 1 atom stereocenters. The Bertz CT molecular complexity index is 440. The highest BCUT2D eigenvalue weighted by atomic mass is 32.2. The lowest BCUT2D eigenvalue weighted by Gasteiger charge is -2.13. The van der Waals surface area contributed by atoms with Gasteiger partial charge in [-0.3, -0.25) is 4.55 Å². The maximum atomic E-state index is 11.7. The van der Waals surface area contributed by atoms with Gasteiger partial charge in [0.05, 0.1) is 5.25 Å². The van der Waals surface area contributed by atoms with Gasteiger partial charge in [0.25, 0.3) is 10.1 Å². The Hall–Kier alpha value is -0.130. The van der Waals surface area contributed by atoms with Crippen molar-refractivity contribution in [2.24, 2.45) is 0 Å².